The Kier molecular flexibility index (Phi) is 4.36. The molecule has 5 nitrogen and oxygen atoms in total. The fourth-order valence-corrected chi connectivity index (χ4v) is 4.36. The summed E-state index contributed by atoms with van der Waals surface area (Å²) in [7, 11) is 0. The van der Waals surface area contributed by atoms with E-state index in [1.54, 1.807) is 18.2 Å². The van der Waals surface area contributed by atoms with Crippen molar-refractivity contribution in [2.45, 2.75) is 25.3 Å². The van der Waals surface area contributed by atoms with Crippen LogP contribution in [0.3, 0.4) is 0 Å². The van der Waals surface area contributed by atoms with Crippen LogP contribution in [0.4, 0.5) is 19.0 Å². The van der Waals surface area contributed by atoms with Crippen LogP contribution >= 0.6 is 0 Å². The fourth-order valence-electron chi connectivity index (χ4n) is 4.36. The summed E-state index contributed by atoms with van der Waals surface area (Å²) in [5.74, 6) is -1.92. The molecule has 6 rings (SSSR count). The number of anilines is 1. The zero-order chi connectivity index (χ0) is 22.7. The molecule has 0 radical (unpaired) electrons. The molecule has 1 aliphatic rings. The van der Waals surface area contributed by atoms with Gasteiger partial charge in [0, 0.05) is 47.1 Å². The van der Waals surface area contributed by atoms with Crippen LogP contribution in [0, 0.1) is 17.5 Å². The van der Waals surface area contributed by atoms with Crippen molar-refractivity contribution >= 4 is 27.6 Å². The maximum Gasteiger partial charge on any atom is 0.162 e. The molecule has 33 heavy (non-hydrogen) atoms. The molecule has 2 N–H and O–H groups in total. The number of pyridine rings is 1. The van der Waals surface area contributed by atoms with Crippen LogP contribution in [-0.2, 0) is 6.42 Å². The quantitative estimate of drug-likeness (QED) is 0.393. The van der Waals surface area contributed by atoms with E-state index in [0.29, 0.717) is 50.5 Å². The zero-order valence-electron chi connectivity index (χ0n) is 17.4. The highest BCUT2D eigenvalue weighted by atomic mass is 19.2. The van der Waals surface area contributed by atoms with Crippen molar-refractivity contribution < 1.29 is 13.2 Å². The van der Waals surface area contributed by atoms with E-state index < -0.39 is 17.5 Å². The molecule has 164 valence electrons. The predicted octanol–water partition coefficient (Wildman–Crippen LogP) is 5.57. The Morgan fingerprint density at radius 3 is 2.64 bits per heavy atom. The van der Waals surface area contributed by atoms with Gasteiger partial charge in [0.15, 0.2) is 11.6 Å². The third kappa shape index (κ3) is 3.21. The van der Waals surface area contributed by atoms with Gasteiger partial charge in [0.1, 0.15) is 23.6 Å². The van der Waals surface area contributed by atoms with Crippen molar-refractivity contribution in [3.63, 3.8) is 0 Å². The Bertz CT molecular complexity index is 1560. The first-order chi connectivity index (χ1) is 16.0. The normalized spacial score (nSPS) is 13.8. The molecule has 1 aliphatic carbocycles. The molecule has 3 heterocycles. The molecule has 0 atom stereocenters. The average molecular weight is 445 g/mol. The van der Waals surface area contributed by atoms with Crippen LogP contribution in [-0.4, -0.2) is 19.5 Å². The minimum Gasteiger partial charge on any atom is -0.383 e. The molecule has 1 saturated carbocycles. The SMILES string of the molecule is Nc1ncnc2c1c(-c1ccc3cc(Cc4cccc(F)c4F)ncc3c1F)cn2C1CC1. The molecule has 5 aromatic rings. The van der Waals surface area contributed by atoms with Gasteiger partial charge in [-0.15, -0.1) is 0 Å². The van der Waals surface area contributed by atoms with Crippen LogP contribution in [0.15, 0.2) is 55.1 Å². The fraction of sp³-hybridized carbons (Fsp3) is 0.160. The second-order valence-corrected chi connectivity index (χ2v) is 8.35. The van der Waals surface area contributed by atoms with Crippen LogP contribution in [0.1, 0.15) is 30.1 Å². The Morgan fingerprint density at radius 2 is 1.82 bits per heavy atom. The summed E-state index contributed by atoms with van der Waals surface area (Å²) in [5, 5.41) is 1.58. The van der Waals surface area contributed by atoms with Crippen molar-refractivity contribution in [1.82, 2.24) is 19.5 Å². The molecular weight excluding hydrogens is 427 g/mol. The van der Waals surface area contributed by atoms with E-state index in [1.807, 2.05) is 10.8 Å². The molecule has 3 aromatic heterocycles. The van der Waals surface area contributed by atoms with E-state index in [0.717, 1.165) is 18.9 Å². The lowest BCUT2D eigenvalue weighted by molar-refractivity contribution is 0.500. The lowest BCUT2D eigenvalue weighted by Crippen LogP contribution is -1.98. The average Bonchev–Trinajstić information content (AvgIpc) is 3.58. The van der Waals surface area contributed by atoms with Crippen molar-refractivity contribution in [3.05, 3.63) is 83.8 Å². The number of hydrogen-bond donors (Lipinski definition) is 1. The van der Waals surface area contributed by atoms with Gasteiger partial charge >= 0.3 is 0 Å². The molecule has 0 unspecified atom stereocenters. The van der Waals surface area contributed by atoms with E-state index >= 15 is 4.39 Å². The number of benzene rings is 2. The summed E-state index contributed by atoms with van der Waals surface area (Å²) in [4.78, 5) is 12.8. The number of rotatable bonds is 4. The van der Waals surface area contributed by atoms with Gasteiger partial charge in [-0.05, 0) is 35.9 Å². The molecule has 0 spiro atoms. The molecular formula is C25H18F3N5. The van der Waals surface area contributed by atoms with Crippen LogP contribution in [0.5, 0.6) is 0 Å². The minimum atomic E-state index is -0.905. The smallest absolute Gasteiger partial charge is 0.162 e. The number of fused-ring (bicyclic) bond motifs is 2. The van der Waals surface area contributed by atoms with Crippen LogP contribution < -0.4 is 5.73 Å². The first kappa shape index (κ1) is 19.7. The molecule has 0 saturated heterocycles. The molecule has 0 bridgehead atoms. The lowest BCUT2D eigenvalue weighted by Gasteiger charge is -2.09. The van der Waals surface area contributed by atoms with Crippen molar-refractivity contribution in [2.24, 2.45) is 0 Å². The minimum absolute atomic E-state index is 0.103. The van der Waals surface area contributed by atoms with Gasteiger partial charge in [0.05, 0.1) is 5.39 Å². The largest absolute Gasteiger partial charge is 0.383 e. The molecule has 0 amide bonds. The Labute approximate surface area is 186 Å². The van der Waals surface area contributed by atoms with E-state index in [-0.39, 0.29) is 12.0 Å². The predicted molar refractivity (Wildman–Crippen MR) is 120 cm³/mol. The van der Waals surface area contributed by atoms with Gasteiger partial charge in [0.2, 0.25) is 0 Å². The molecule has 0 aliphatic heterocycles. The number of nitrogen functional groups attached to an aromatic ring is 1. The summed E-state index contributed by atoms with van der Waals surface area (Å²) in [5.41, 5.74) is 8.59. The lowest BCUT2D eigenvalue weighted by atomic mass is 10.00. The number of nitrogens with two attached hydrogens (primary N) is 1. The topological polar surface area (TPSA) is 69.6 Å². The van der Waals surface area contributed by atoms with Gasteiger partial charge in [-0.1, -0.05) is 24.3 Å². The Hall–Kier alpha value is -3.94. The van der Waals surface area contributed by atoms with Gasteiger partial charge in [0.25, 0.3) is 0 Å². The number of nitrogens with zero attached hydrogens (tertiary/aromatic N) is 4. The summed E-state index contributed by atoms with van der Waals surface area (Å²) in [6.45, 7) is 0. The number of aromatic nitrogens is 4. The van der Waals surface area contributed by atoms with Crippen molar-refractivity contribution in [1.29, 1.82) is 0 Å². The van der Waals surface area contributed by atoms with Gasteiger partial charge in [-0.2, -0.15) is 0 Å². The Balaban J connectivity index is 1.45. The highest BCUT2D eigenvalue weighted by molar-refractivity contribution is 6.02. The second kappa shape index (κ2) is 7.30. The van der Waals surface area contributed by atoms with Crippen LogP contribution in [0.2, 0.25) is 0 Å². The van der Waals surface area contributed by atoms with Gasteiger partial charge in [-0.3, -0.25) is 4.98 Å². The number of halogens is 3. The van der Waals surface area contributed by atoms with E-state index in [2.05, 4.69) is 15.0 Å². The monoisotopic (exact) mass is 445 g/mol. The maximum atomic E-state index is 15.7. The highest BCUT2D eigenvalue weighted by Gasteiger charge is 2.28. The van der Waals surface area contributed by atoms with E-state index in [4.69, 9.17) is 5.73 Å². The molecule has 8 heteroatoms. The molecule has 1 fully saturated rings. The maximum absolute atomic E-state index is 15.7. The van der Waals surface area contributed by atoms with E-state index in [1.165, 1.54) is 24.7 Å². The first-order valence-corrected chi connectivity index (χ1v) is 10.6. The number of hydrogen-bond acceptors (Lipinski definition) is 4. The highest BCUT2D eigenvalue weighted by Crippen LogP contribution is 2.43. The molecule has 2 aromatic carbocycles. The van der Waals surface area contributed by atoms with Crippen molar-refractivity contribution in [2.75, 3.05) is 5.73 Å². The first-order valence-electron chi connectivity index (χ1n) is 10.6. The summed E-state index contributed by atoms with van der Waals surface area (Å²) in [6, 6.07) is 9.55. The van der Waals surface area contributed by atoms with Crippen LogP contribution in [0.25, 0.3) is 32.9 Å². The third-order valence-corrected chi connectivity index (χ3v) is 6.17. The Morgan fingerprint density at radius 1 is 0.970 bits per heavy atom. The third-order valence-electron chi connectivity index (χ3n) is 6.17. The summed E-state index contributed by atoms with van der Waals surface area (Å²) >= 11 is 0. The van der Waals surface area contributed by atoms with Gasteiger partial charge in [-0.25, -0.2) is 23.1 Å². The summed E-state index contributed by atoms with van der Waals surface area (Å²) in [6.07, 6.45) is 6.94. The van der Waals surface area contributed by atoms with Gasteiger partial charge < -0.3 is 10.3 Å². The van der Waals surface area contributed by atoms with E-state index in [9.17, 15) is 8.78 Å². The second-order valence-electron chi connectivity index (χ2n) is 8.35. The zero-order valence-corrected chi connectivity index (χ0v) is 17.4. The summed E-state index contributed by atoms with van der Waals surface area (Å²) < 4.78 is 45.3. The van der Waals surface area contributed by atoms with Crippen molar-refractivity contribution in [3.8, 4) is 11.1 Å². The standard InChI is InChI=1S/C25H18F3N5/c26-20-3-1-2-14(22(20)27)9-15-8-13-4-7-17(23(28)18(13)10-30-15)19-11-33(16-5-6-16)25-21(19)24(29)31-12-32-25/h1-4,7-8,10-12,16H,5-6,9H2,(H2,29,31,32).